The first-order chi connectivity index (χ1) is 10.2. The fourth-order valence-electron chi connectivity index (χ4n) is 2.57. The number of amides is 1. The van der Waals surface area contributed by atoms with E-state index in [0.717, 1.165) is 43.4 Å². The molecule has 21 heavy (non-hydrogen) atoms. The first-order valence-electron chi connectivity index (χ1n) is 7.50. The molecule has 114 valence electrons. The predicted molar refractivity (Wildman–Crippen MR) is 83.1 cm³/mol. The maximum absolute atomic E-state index is 11.9. The number of carbonyl (C=O) groups excluding carboxylic acids is 1. The number of aliphatic hydroxyl groups is 1. The van der Waals surface area contributed by atoms with Crippen molar-refractivity contribution in [2.24, 2.45) is 0 Å². The second kappa shape index (κ2) is 7.84. The van der Waals surface area contributed by atoms with Gasteiger partial charge >= 0.3 is 0 Å². The van der Waals surface area contributed by atoms with Gasteiger partial charge in [0.1, 0.15) is 5.75 Å². The van der Waals surface area contributed by atoms with Crippen molar-refractivity contribution in [3.8, 4) is 5.75 Å². The monoisotopic (exact) mass is 289 g/mol. The number of nitrogens with one attached hydrogen (secondary N) is 1. The van der Waals surface area contributed by atoms with Crippen LogP contribution in [0.1, 0.15) is 37.7 Å². The van der Waals surface area contributed by atoms with Crippen LogP contribution in [0.25, 0.3) is 6.08 Å². The van der Waals surface area contributed by atoms with Gasteiger partial charge in [0.2, 0.25) is 5.91 Å². The molecule has 0 spiro atoms. The lowest BCUT2D eigenvalue weighted by Crippen LogP contribution is -2.41. The molecule has 0 aromatic heterocycles. The van der Waals surface area contributed by atoms with Crippen molar-refractivity contribution in [2.45, 2.75) is 44.2 Å². The van der Waals surface area contributed by atoms with Gasteiger partial charge in [0, 0.05) is 6.08 Å². The van der Waals surface area contributed by atoms with E-state index in [9.17, 15) is 9.90 Å². The van der Waals surface area contributed by atoms with Crippen LogP contribution in [0.2, 0.25) is 0 Å². The van der Waals surface area contributed by atoms with Crippen LogP contribution in [0.4, 0.5) is 0 Å². The number of ether oxygens (including phenoxy) is 1. The molecule has 0 radical (unpaired) electrons. The highest BCUT2D eigenvalue weighted by Gasteiger charge is 2.22. The Morgan fingerprint density at radius 3 is 2.67 bits per heavy atom. The fraction of sp³-hybridized carbons (Fsp3) is 0.471. The second-order valence-corrected chi connectivity index (χ2v) is 5.43. The van der Waals surface area contributed by atoms with Crippen molar-refractivity contribution >= 4 is 12.0 Å². The smallest absolute Gasteiger partial charge is 0.244 e. The standard InChI is InChI=1S/C17H23NO3/c1-21-14-10-7-13(8-11-14)9-12-17(20)18-15-5-3-2-4-6-16(15)19/h7-12,15-16,19H,2-6H2,1H3,(H,18,20)/b12-9+. The van der Waals surface area contributed by atoms with Crippen molar-refractivity contribution in [1.29, 1.82) is 0 Å². The van der Waals surface area contributed by atoms with Gasteiger partial charge in [-0.2, -0.15) is 0 Å². The summed E-state index contributed by atoms with van der Waals surface area (Å²) >= 11 is 0. The number of rotatable bonds is 4. The van der Waals surface area contributed by atoms with Crippen LogP contribution >= 0.6 is 0 Å². The summed E-state index contributed by atoms with van der Waals surface area (Å²) in [6, 6.07) is 7.37. The number of methoxy groups -OCH3 is 1. The lowest BCUT2D eigenvalue weighted by atomic mass is 10.1. The van der Waals surface area contributed by atoms with E-state index >= 15 is 0 Å². The normalized spacial score (nSPS) is 22.8. The lowest BCUT2D eigenvalue weighted by Gasteiger charge is -2.20. The van der Waals surface area contributed by atoms with E-state index in [2.05, 4.69) is 5.32 Å². The highest BCUT2D eigenvalue weighted by atomic mass is 16.5. The summed E-state index contributed by atoms with van der Waals surface area (Å²) in [6.45, 7) is 0. The van der Waals surface area contributed by atoms with Gasteiger partial charge in [0.05, 0.1) is 19.3 Å². The Bertz CT molecular complexity index is 481. The molecule has 0 saturated heterocycles. The van der Waals surface area contributed by atoms with Gasteiger partial charge in [0.25, 0.3) is 0 Å². The third-order valence-electron chi connectivity index (χ3n) is 3.85. The first kappa shape index (κ1) is 15.6. The molecule has 1 aromatic rings. The van der Waals surface area contributed by atoms with Gasteiger partial charge in [-0.15, -0.1) is 0 Å². The van der Waals surface area contributed by atoms with Gasteiger partial charge in [0.15, 0.2) is 0 Å². The topological polar surface area (TPSA) is 58.6 Å². The Hall–Kier alpha value is -1.81. The van der Waals surface area contributed by atoms with E-state index in [1.807, 2.05) is 24.3 Å². The van der Waals surface area contributed by atoms with Gasteiger partial charge in [-0.25, -0.2) is 0 Å². The van der Waals surface area contributed by atoms with Gasteiger partial charge in [-0.1, -0.05) is 31.4 Å². The van der Waals surface area contributed by atoms with Crippen LogP contribution in [0.15, 0.2) is 30.3 Å². The van der Waals surface area contributed by atoms with Gasteiger partial charge in [-0.3, -0.25) is 4.79 Å². The number of carbonyl (C=O) groups is 1. The maximum atomic E-state index is 11.9. The Morgan fingerprint density at radius 1 is 1.24 bits per heavy atom. The van der Waals surface area contributed by atoms with Crippen LogP contribution in [0.5, 0.6) is 5.75 Å². The van der Waals surface area contributed by atoms with Crippen LogP contribution in [0.3, 0.4) is 0 Å². The minimum absolute atomic E-state index is 0.125. The summed E-state index contributed by atoms with van der Waals surface area (Å²) in [7, 11) is 1.62. The minimum Gasteiger partial charge on any atom is -0.497 e. The SMILES string of the molecule is COc1ccc(/C=C/C(=O)NC2CCCCCC2O)cc1. The number of aliphatic hydroxyl groups excluding tert-OH is 1. The number of hydrogen-bond acceptors (Lipinski definition) is 3. The third kappa shape index (κ3) is 4.90. The molecular formula is C17H23NO3. The van der Waals surface area contributed by atoms with E-state index in [4.69, 9.17) is 4.74 Å². The van der Waals surface area contributed by atoms with Crippen molar-refractivity contribution < 1.29 is 14.6 Å². The largest absolute Gasteiger partial charge is 0.497 e. The zero-order chi connectivity index (χ0) is 15.1. The molecule has 2 rings (SSSR count). The Balaban J connectivity index is 1.89. The van der Waals surface area contributed by atoms with Crippen molar-refractivity contribution in [1.82, 2.24) is 5.32 Å². The number of hydrogen-bond donors (Lipinski definition) is 2. The van der Waals surface area contributed by atoms with E-state index in [1.54, 1.807) is 13.2 Å². The highest BCUT2D eigenvalue weighted by molar-refractivity contribution is 5.91. The maximum Gasteiger partial charge on any atom is 0.244 e. The molecule has 4 heteroatoms. The average Bonchev–Trinajstić information content (AvgIpc) is 2.71. The van der Waals surface area contributed by atoms with E-state index < -0.39 is 6.10 Å². The lowest BCUT2D eigenvalue weighted by molar-refractivity contribution is -0.118. The van der Waals surface area contributed by atoms with Crippen molar-refractivity contribution in [3.05, 3.63) is 35.9 Å². The zero-order valence-corrected chi connectivity index (χ0v) is 12.4. The average molecular weight is 289 g/mol. The van der Waals surface area contributed by atoms with Crippen molar-refractivity contribution in [2.75, 3.05) is 7.11 Å². The van der Waals surface area contributed by atoms with Crippen LogP contribution in [-0.2, 0) is 4.79 Å². The Labute approximate surface area is 125 Å². The van der Waals surface area contributed by atoms with Crippen LogP contribution in [0, 0.1) is 0 Å². The summed E-state index contributed by atoms with van der Waals surface area (Å²) in [5.41, 5.74) is 0.937. The molecule has 1 saturated carbocycles. The summed E-state index contributed by atoms with van der Waals surface area (Å²) in [5.74, 6) is 0.634. The Morgan fingerprint density at radius 2 is 1.95 bits per heavy atom. The molecule has 2 unspecified atom stereocenters. The second-order valence-electron chi connectivity index (χ2n) is 5.43. The van der Waals surface area contributed by atoms with E-state index in [-0.39, 0.29) is 11.9 Å². The molecule has 1 aliphatic carbocycles. The molecule has 2 atom stereocenters. The zero-order valence-electron chi connectivity index (χ0n) is 12.4. The third-order valence-corrected chi connectivity index (χ3v) is 3.85. The van der Waals surface area contributed by atoms with Crippen LogP contribution in [-0.4, -0.2) is 30.3 Å². The van der Waals surface area contributed by atoms with Crippen LogP contribution < -0.4 is 10.1 Å². The van der Waals surface area contributed by atoms with E-state index in [1.165, 1.54) is 6.08 Å². The Kier molecular flexibility index (Phi) is 5.81. The summed E-state index contributed by atoms with van der Waals surface area (Å²) in [5, 5.41) is 12.9. The molecule has 4 nitrogen and oxygen atoms in total. The predicted octanol–water partition coefficient (Wildman–Crippen LogP) is 2.52. The fourth-order valence-corrected chi connectivity index (χ4v) is 2.57. The molecule has 1 aliphatic rings. The quantitative estimate of drug-likeness (QED) is 0.661. The molecule has 0 bridgehead atoms. The molecule has 0 aliphatic heterocycles. The highest BCUT2D eigenvalue weighted by Crippen LogP contribution is 2.18. The molecule has 1 fully saturated rings. The molecule has 2 N–H and O–H groups in total. The summed E-state index contributed by atoms with van der Waals surface area (Å²) in [4.78, 5) is 11.9. The summed E-state index contributed by atoms with van der Waals surface area (Å²) in [6.07, 6.45) is 7.70. The molecule has 1 aromatic carbocycles. The molecule has 1 amide bonds. The van der Waals surface area contributed by atoms with E-state index in [0.29, 0.717) is 0 Å². The van der Waals surface area contributed by atoms with Crippen molar-refractivity contribution in [3.63, 3.8) is 0 Å². The molecule has 0 heterocycles. The summed E-state index contributed by atoms with van der Waals surface area (Å²) < 4.78 is 5.09. The number of benzene rings is 1. The van der Waals surface area contributed by atoms with Gasteiger partial charge < -0.3 is 15.2 Å². The minimum atomic E-state index is -0.425. The molecular weight excluding hydrogens is 266 g/mol. The first-order valence-corrected chi connectivity index (χ1v) is 7.50. The van der Waals surface area contributed by atoms with Gasteiger partial charge in [-0.05, 0) is 36.6 Å².